The van der Waals surface area contributed by atoms with E-state index in [2.05, 4.69) is 0 Å². The molecule has 0 unspecified atom stereocenters. The van der Waals surface area contributed by atoms with Gasteiger partial charge >= 0.3 is 29.6 Å². The molecule has 0 saturated heterocycles. The van der Waals surface area contributed by atoms with E-state index < -0.39 is 12.1 Å². The summed E-state index contributed by atoms with van der Waals surface area (Å²) in [4.78, 5) is 10.9. The van der Waals surface area contributed by atoms with E-state index in [1.54, 1.807) is 0 Å². The van der Waals surface area contributed by atoms with Crippen LogP contribution in [0.15, 0.2) is 78.9 Å². The first-order valence-corrected chi connectivity index (χ1v) is 10.0. The normalized spacial score (nSPS) is 11.2. The van der Waals surface area contributed by atoms with Crippen molar-refractivity contribution in [2.24, 2.45) is 0 Å². The van der Waals surface area contributed by atoms with E-state index in [-0.39, 0.29) is 36.0 Å². The summed E-state index contributed by atoms with van der Waals surface area (Å²) in [5.41, 5.74) is 0.839. The van der Waals surface area contributed by atoms with Crippen molar-refractivity contribution in [3.8, 4) is 23.0 Å². The number of hydrogen-bond donors (Lipinski definition) is 0. The molecule has 0 amide bonds. The van der Waals surface area contributed by atoms with Gasteiger partial charge in [-0.3, -0.25) is 0 Å². The molecule has 0 spiro atoms. The monoisotopic (exact) mass is 444 g/mol. The van der Waals surface area contributed by atoms with Crippen LogP contribution >= 0.6 is 0 Å². The Bertz CT molecular complexity index is 929. The van der Waals surface area contributed by atoms with Crippen LogP contribution in [0.2, 0.25) is 0 Å². The van der Waals surface area contributed by atoms with Gasteiger partial charge in [-0.1, -0.05) is 30.3 Å². The Morgan fingerprint density at radius 1 is 0.781 bits per heavy atom. The number of carboxylic acid groups (broad SMARTS) is 1. The molecule has 0 radical (unpaired) electrons. The second kappa shape index (κ2) is 13.8. The maximum atomic E-state index is 10.9. The summed E-state index contributed by atoms with van der Waals surface area (Å²) >= 11 is 0. The fraction of sp³-hybridized carbons (Fsp3) is 0.240. The van der Waals surface area contributed by atoms with Gasteiger partial charge in [0.15, 0.2) is 0 Å². The van der Waals surface area contributed by atoms with Gasteiger partial charge in [-0.15, -0.1) is 0 Å². The molecule has 6 nitrogen and oxygen atoms in total. The van der Waals surface area contributed by atoms with Crippen LogP contribution in [0, 0.1) is 0 Å². The number of hydrogen-bond acceptors (Lipinski definition) is 6. The zero-order chi connectivity index (χ0) is 21.9. The van der Waals surface area contributed by atoms with Gasteiger partial charge in [0.05, 0.1) is 19.2 Å². The average Bonchev–Trinajstić information content (AvgIpc) is 2.80. The second-order valence-corrected chi connectivity index (χ2v) is 6.83. The minimum absolute atomic E-state index is 0. The molecule has 0 heterocycles. The van der Waals surface area contributed by atoms with Crippen LogP contribution in [0.1, 0.15) is 12.0 Å². The van der Waals surface area contributed by atoms with Gasteiger partial charge in [-0.05, 0) is 54.1 Å². The summed E-state index contributed by atoms with van der Waals surface area (Å²) in [6.07, 6.45) is 0.0191. The number of rotatable bonds is 12. The average molecular weight is 444 g/mol. The van der Waals surface area contributed by atoms with Gasteiger partial charge in [-0.25, -0.2) is 0 Å². The summed E-state index contributed by atoms with van der Waals surface area (Å²) in [5.74, 6) is 1.81. The Hall–Kier alpha value is -2.51. The number of carbonyl (C=O) groups excluding carboxylic acids is 1. The van der Waals surface area contributed by atoms with Crippen molar-refractivity contribution < 1.29 is 58.4 Å². The molecule has 0 aliphatic heterocycles. The van der Waals surface area contributed by atoms with Crippen LogP contribution in [-0.2, 0) is 16.0 Å². The summed E-state index contributed by atoms with van der Waals surface area (Å²) in [7, 11) is 1.35. The van der Waals surface area contributed by atoms with E-state index in [0.29, 0.717) is 19.0 Å². The molecular weight excluding hydrogens is 419 g/mol. The standard InChI is InChI=1S/C25H26O6.Na/c1-28-24(25(26)27)18-19-8-10-20(11-9-19)29-16-5-17-30-21-12-14-23(15-13-21)31-22-6-3-2-4-7-22;/h2-4,6-15,24H,5,16-18H2,1H3,(H,26,27);/q;+1/p-1/t24-;/m0./s1. The molecule has 3 aromatic carbocycles. The number of methoxy groups -OCH3 is 1. The smallest absolute Gasteiger partial charge is 0.547 e. The number of aliphatic carboxylic acids is 1. The number of para-hydroxylation sites is 1. The number of ether oxygens (including phenoxy) is 4. The van der Waals surface area contributed by atoms with Crippen LogP contribution in [0.4, 0.5) is 0 Å². The number of benzene rings is 3. The minimum atomic E-state index is -1.22. The van der Waals surface area contributed by atoms with Gasteiger partial charge in [0, 0.05) is 20.0 Å². The topological polar surface area (TPSA) is 77.0 Å². The van der Waals surface area contributed by atoms with Crippen molar-refractivity contribution in [2.45, 2.75) is 18.9 Å². The first-order valence-electron chi connectivity index (χ1n) is 10.0. The van der Waals surface area contributed by atoms with Gasteiger partial charge < -0.3 is 28.8 Å². The van der Waals surface area contributed by atoms with Gasteiger partial charge in [0.2, 0.25) is 0 Å². The Morgan fingerprint density at radius 2 is 1.28 bits per heavy atom. The Morgan fingerprint density at radius 3 is 1.81 bits per heavy atom. The SMILES string of the molecule is CO[C@@H](Cc1ccc(OCCCOc2ccc(Oc3ccccc3)cc2)cc1)C(=O)[O-].[Na+]. The molecule has 1 atom stereocenters. The fourth-order valence-corrected chi connectivity index (χ4v) is 2.87. The summed E-state index contributed by atoms with van der Waals surface area (Å²) in [6, 6.07) is 24.4. The molecule has 0 bridgehead atoms. The van der Waals surface area contributed by atoms with Crippen LogP contribution in [0.25, 0.3) is 0 Å². The molecular formula is C25H25NaO6. The summed E-state index contributed by atoms with van der Waals surface area (Å²) in [5, 5.41) is 10.9. The fourth-order valence-electron chi connectivity index (χ4n) is 2.87. The summed E-state index contributed by atoms with van der Waals surface area (Å²) < 4.78 is 22.1. The molecule has 0 aromatic heterocycles. The molecule has 0 aliphatic rings. The van der Waals surface area contributed by atoms with Gasteiger partial charge in [0.1, 0.15) is 29.1 Å². The third kappa shape index (κ3) is 8.55. The van der Waals surface area contributed by atoms with E-state index in [0.717, 1.165) is 29.2 Å². The molecule has 0 saturated carbocycles. The van der Waals surface area contributed by atoms with Crippen LogP contribution in [0.3, 0.4) is 0 Å². The predicted molar refractivity (Wildman–Crippen MR) is 115 cm³/mol. The number of carboxylic acids is 1. The minimum Gasteiger partial charge on any atom is -0.547 e. The van der Waals surface area contributed by atoms with Gasteiger partial charge in [-0.2, -0.15) is 0 Å². The van der Waals surface area contributed by atoms with E-state index in [1.807, 2.05) is 78.9 Å². The molecule has 32 heavy (non-hydrogen) atoms. The third-order valence-corrected chi connectivity index (χ3v) is 4.52. The second-order valence-electron chi connectivity index (χ2n) is 6.83. The van der Waals surface area contributed by atoms with Crippen LogP contribution < -0.4 is 48.9 Å². The van der Waals surface area contributed by atoms with Crippen molar-refractivity contribution in [3.63, 3.8) is 0 Å². The molecule has 0 fully saturated rings. The first kappa shape index (κ1) is 25.7. The number of carbonyl (C=O) groups is 1. The molecule has 3 aromatic rings. The molecule has 3 rings (SSSR count). The third-order valence-electron chi connectivity index (χ3n) is 4.52. The quantitative estimate of drug-likeness (QED) is 0.302. The van der Waals surface area contributed by atoms with Crippen molar-refractivity contribution >= 4 is 5.97 Å². The van der Waals surface area contributed by atoms with E-state index in [1.165, 1.54) is 7.11 Å². The maximum absolute atomic E-state index is 10.9. The van der Waals surface area contributed by atoms with Crippen LogP contribution in [-0.4, -0.2) is 32.4 Å². The Balaban J connectivity index is 0.00000363. The van der Waals surface area contributed by atoms with Crippen molar-refractivity contribution in [1.29, 1.82) is 0 Å². The van der Waals surface area contributed by atoms with Crippen molar-refractivity contribution in [3.05, 3.63) is 84.4 Å². The summed E-state index contributed by atoms with van der Waals surface area (Å²) in [6.45, 7) is 1.03. The first-order chi connectivity index (χ1) is 15.1. The van der Waals surface area contributed by atoms with E-state index in [9.17, 15) is 9.90 Å². The molecule has 0 N–H and O–H groups in total. The molecule has 162 valence electrons. The molecule has 7 heteroatoms. The maximum Gasteiger partial charge on any atom is 1.00 e. The van der Waals surface area contributed by atoms with E-state index >= 15 is 0 Å². The van der Waals surface area contributed by atoms with Gasteiger partial charge in [0.25, 0.3) is 0 Å². The molecule has 0 aliphatic carbocycles. The van der Waals surface area contributed by atoms with Crippen molar-refractivity contribution in [1.82, 2.24) is 0 Å². The zero-order valence-corrected chi connectivity index (χ0v) is 20.4. The Labute approximate surface area is 210 Å². The van der Waals surface area contributed by atoms with E-state index in [4.69, 9.17) is 18.9 Å². The van der Waals surface area contributed by atoms with Crippen molar-refractivity contribution in [2.75, 3.05) is 20.3 Å². The zero-order valence-electron chi connectivity index (χ0n) is 18.4. The largest absolute Gasteiger partial charge is 1.00 e. The predicted octanol–water partition coefficient (Wildman–Crippen LogP) is 0.638. The Kier molecular flexibility index (Phi) is 11.1. The van der Waals surface area contributed by atoms with Crippen LogP contribution in [0.5, 0.6) is 23.0 Å².